The van der Waals surface area contributed by atoms with E-state index in [1.807, 2.05) is 13.8 Å². The van der Waals surface area contributed by atoms with Crippen LogP contribution in [-0.2, 0) is 14.8 Å². The van der Waals surface area contributed by atoms with Crippen molar-refractivity contribution in [3.05, 3.63) is 24.3 Å². The normalized spacial score (nSPS) is 11.8. The summed E-state index contributed by atoms with van der Waals surface area (Å²) in [5.74, 6) is 0.0374. The maximum atomic E-state index is 12.0. The van der Waals surface area contributed by atoms with E-state index in [0.29, 0.717) is 5.69 Å². The van der Waals surface area contributed by atoms with Crippen LogP contribution in [0.15, 0.2) is 24.3 Å². The Morgan fingerprint density at radius 2 is 1.83 bits per heavy atom. The summed E-state index contributed by atoms with van der Waals surface area (Å²) < 4.78 is 30.4. The fraction of sp³-hybridized carbons (Fsp3) is 0.500. The summed E-state index contributed by atoms with van der Waals surface area (Å²) in [6, 6.07) is 6.00. The third-order valence-electron chi connectivity index (χ3n) is 2.42. The van der Waals surface area contributed by atoms with E-state index in [-0.39, 0.29) is 24.2 Å². The van der Waals surface area contributed by atoms with Crippen LogP contribution in [0, 0.1) is 0 Å². The first-order valence-corrected chi connectivity index (χ1v) is 7.31. The molecule has 0 saturated heterocycles. The van der Waals surface area contributed by atoms with E-state index in [9.17, 15) is 8.42 Å². The lowest BCUT2D eigenvalue weighted by Gasteiger charge is -2.19. The van der Waals surface area contributed by atoms with Gasteiger partial charge in [0, 0.05) is 7.05 Å². The molecule has 1 rings (SSSR count). The maximum Gasteiger partial charge on any atom is 0.237 e. The Bertz CT molecular complexity index is 467. The van der Waals surface area contributed by atoms with Crippen LogP contribution in [0.5, 0.6) is 5.75 Å². The molecule has 0 unspecified atom stereocenters. The molecular formula is C12H19NO4S. The topological polar surface area (TPSA) is 66.8 Å². The molecule has 0 radical (unpaired) electrons. The van der Waals surface area contributed by atoms with Crippen molar-refractivity contribution in [3.63, 3.8) is 0 Å². The van der Waals surface area contributed by atoms with E-state index < -0.39 is 10.0 Å². The van der Waals surface area contributed by atoms with Crippen LogP contribution in [-0.4, -0.2) is 39.0 Å². The molecule has 5 nitrogen and oxygen atoms in total. The zero-order valence-electron chi connectivity index (χ0n) is 10.8. The summed E-state index contributed by atoms with van der Waals surface area (Å²) in [6.45, 7) is 3.88. The van der Waals surface area contributed by atoms with E-state index in [4.69, 9.17) is 9.84 Å². The van der Waals surface area contributed by atoms with Gasteiger partial charge in [-0.05, 0) is 38.1 Å². The van der Waals surface area contributed by atoms with Crippen LogP contribution >= 0.6 is 0 Å². The Morgan fingerprint density at radius 3 is 2.33 bits per heavy atom. The molecular weight excluding hydrogens is 254 g/mol. The minimum atomic E-state index is -3.40. The van der Waals surface area contributed by atoms with E-state index >= 15 is 0 Å². The quantitative estimate of drug-likeness (QED) is 0.854. The van der Waals surface area contributed by atoms with Gasteiger partial charge < -0.3 is 9.84 Å². The van der Waals surface area contributed by atoms with Gasteiger partial charge in [-0.3, -0.25) is 4.31 Å². The van der Waals surface area contributed by atoms with Crippen molar-refractivity contribution < 1.29 is 18.3 Å². The van der Waals surface area contributed by atoms with Crippen molar-refractivity contribution in [1.29, 1.82) is 0 Å². The number of nitrogens with zero attached hydrogens (tertiary/aromatic N) is 1. The van der Waals surface area contributed by atoms with Gasteiger partial charge in [0.05, 0.1) is 24.2 Å². The molecule has 102 valence electrons. The van der Waals surface area contributed by atoms with Crippen LogP contribution in [0.4, 0.5) is 5.69 Å². The van der Waals surface area contributed by atoms with Gasteiger partial charge in [-0.2, -0.15) is 0 Å². The second kappa shape index (κ2) is 6.06. The van der Waals surface area contributed by atoms with Gasteiger partial charge in [0.2, 0.25) is 10.0 Å². The third kappa shape index (κ3) is 4.19. The van der Waals surface area contributed by atoms with Crippen molar-refractivity contribution in [1.82, 2.24) is 0 Å². The molecule has 0 aliphatic carbocycles. The van der Waals surface area contributed by atoms with Gasteiger partial charge in [-0.25, -0.2) is 8.42 Å². The molecule has 1 aromatic rings. The van der Waals surface area contributed by atoms with Crippen molar-refractivity contribution in [2.24, 2.45) is 0 Å². The standard InChI is InChI=1S/C12H19NO4S/c1-10(2)17-8-9-18(15,16)13(3)11-4-6-12(14)7-5-11/h4-7,10,14H,8-9H2,1-3H3. The molecule has 0 bridgehead atoms. The zero-order valence-corrected chi connectivity index (χ0v) is 11.6. The molecule has 0 aliphatic heterocycles. The number of rotatable bonds is 6. The Balaban J connectivity index is 2.69. The van der Waals surface area contributed by atoms with Crippen LogP contribution in [0.1, 0.15) is 13.8 Å². The third-order valence-corrected chi connectivity index (χ3v) is 4.15. The highest BCUT2D eigenvalue weighted by Crippen LogP contribution is 2.19. The number of phenolic OH excluding ortho intramolecular Hbond substituents is 1. The molecule has 0 heterocycles. The minimum absolute atomic E-state index is 0.0131. The smallest absolute Gasteiger partial charge is 0.237 e. The zero-order chi connectivity index (χ0) is 13.8. The Labute approximate surface area is 108 Å². The summed E-state index contributed by atoms with van der Waals surface area (Å²) in [5, 5.41) is 9.16. The summed E-state index contributed by atoms with van der Waals surface area (Å²) in [5.41, 5.74) is 0.511. The number of hydrogen-bond acceptors (Lipinski definition) is 4. The van der Waals surface area contributed by atoms with Crippen molar-refractivity contribution >= 4 is 15.7 Å². The summed E-state index contributed by atoms with van der Waals surface area (Å²) in [7, 11) is -1.91. The van der Waals surface area contributed by atoms with Crippen LogP contribution in [0.2, 0.25) is 0 Å². The van der Waals surface area contributed by atoms with Gasteiger partial charge in [0.15, 0.2) is 0 Å². The highest BCUT2D eigenvalue weighted by molar-refractivity contribution is 7.92. The minimum Gasteiger partial charge on any atom is -0.508 e. The second-order valence-electron chi connectivity index (χ2n) is 4.22. The predicted molar refractivity (Wildman–Crippen MR) is 71.4 cm³/mol. The fourth-order valence-corrected chi connectivity index (χ4v) is 2.37. The van der Waals surface area contributed by atoms with Crippen LogP contribution in [0.3, 0.4) is 0 Å². The predicted octanol–water partition coefficient (Wildman–Crippen LogP) is 1.58. The van der Waals surface area contributed by atoms with Gasteiger partial charge in [-0.15, -0.1) is 0 Å². The highest BCUT2D eigenvalue weighted by atomic mass is 32.2. The Morgan fingerprint density at radius 1 is 1.28 bits per heavy atom. The number of phenols is 1. The number of hydrogen-bond donors (Lipinski definition) is 1. The number of ether oxygens (including phenoxy) is 1. The first-order valence-electron chi connectivity index (χ1n) is 5.70. The molecule has 18 heavy (non-hydrogen) atoms. The highest BCUT2D eigenvalue weighted by Gasteiger charge is 2.18. The molecule has 0 saturated carbocycles. The van der Waals surface area contributed by atoms with E-state index in [2.05, 4.69) is 0 Å². The first-order chi connectivity index (χ1) is 8.33. The molecule has 1 N–H and O–H groups in total. The molecule has 6 heteroatoms. The SMILES string of the molecule is CC(C)OCCS(=O)(=O)N(C)c1ccc(O)cc1. The summed E-state index contributed by atoms with van der Waals surface area (Å²) >= 11 is 0. The first kappa shape index (κ1) is 14.8. The number of aromatic hydroxyl groups is 1. The number of anilines is 1. The van der Waals surface area contributed by atoms with Crippen molar-refractivity contribution in [3.8, 4) is 5.75 Å². The molecule has 1 aromatic carbocycles. The lowest BCUT2D eigenvalue weighted by molar-refractivity contribution is 0.0912. The average molecular weight is 273 g/mol. The summed E-state index contributed by atoms with van der Waals surface area (Å²) in [4.78, 5) is 0. The number of benzene rings is 1. The van der Waals surface area contributed by atoms with Crippen molar-refractivity contribution in [2.45, 2.75) is 20.0 Å². The molecule has 0 atom stereocenters. The van der Waals surface area contributed by atoms with Crippen LogP contribution < -0.4 is 4.31 Å². The average Bonchev–Trinajstić information content (AvgIpc) is 2.28. The molecule has 0 fully saturated rings. The largest absolute Gasteiger partial charge is 0.508 e. The summed E-state index contributed by atoms with van der Waals surface area (Å²) in [6.07, 6.45) is 0.0131. The maximum absolute atomic E-state index is 12.0. The lowest BCUT2D eigenvalue weighted by atomic mass is 10.3. The number of sulfonamides is 1. The molecule has 0 amide bonds. The van der Waals surface area contributed by atoms with Gasteiger partial charge >= 0.3 is 0 Å². The van der Waals surface area contributed by atoms with E-state index in [0.717, 1.165) is 0 Å². The van der Waals surface area contributed by atoms with E-state index in [1.165, 1.54) is 23.5 Å². The monoisotopic (exact) mass is 273 g/mol. The second-order valence-corrected chi connectivity index (χ2v) is 6.34. The van der Waals surface area contributed by atoms with Gasteiger partial charge in [0.1, 0.15) is 5.75 Å². The molecule has 0 aliphatic rings. The van der Waals surface area contributed by atoms with Gasteiger partial charge in [0.25, 0.3) is 0 Å². The van der Waals surface area contributed by atoms with Crippen molar-refractivity contribution in [2.75, 3.05) is 23.7 Å². The van der Waals surface area contributed by atoms with E-state index in [1.54, 1.807) is 12.1 Å². The van der Waals surface area contributed by atoms with Gasteiger partial charge in [-0.1, -0.05) is 0 Å². The fourth-order valence-electron chi connectivity index (χ4n) is 1.35. The molecule has 0 spiro atoms. The lowest BCUT2D eigenvalue weighted by Crippen LogP contribution is -2.31. The van der Waals surface area contributed by atoms with Crippen LogP contribution in [0.25, 0.3) is 0 Å². The Hall–Kier alpha value is -1.27. The Kier molecular flexibility index (Phi) is 4.98. The molecule has 0 aromatic heterocycles.